The van der Waals surface area contributed by atoms with E-state index in [1.807, 2.05) is 30.9 Å². The first-order valence-corrected chi connectivity index (χ1v) is 11.8. The van der Waals surface area contributed by atoms with Crippen molar-refractivity contribution in [3.8, 4) is 0 Å². The van der Waals surface area contributed by atoms with Crippen LogP contribution in [0.3, 0.4) is 0 Å². The van der Waals surface area contributed by atoms with Crippen LogP contribution in [0.15, 0.2) is 53.9 Å². The van der Waals surface area contributed by atoms with Gasteiger partial charge in [-0.1, -0.05) is 41.9 Å². The number of hydrogen-bond acceptors (Lipinski definition) is 4. The third kappa shape index (κ3) is 7.03. The van der Waals surface area contributed by atoms with E-state index in [9.17, 15) is 18.0 Å². The number of rotatable bonds is 9. The van der Waals surface area contributed by atoms with Crippen molar-refractivity contribution < 1.29 is 18.0 Å². The Morgan fingerprint density at radius 3 is 2.30 bits per heavy atom. The van der Waals surface area contributed by atoms with Crippen LogP contribution in [0.5, 0.6) is 0 Å². The average Bonchev–Trinajstić information content (AvgIpc) is 3.24. The third-order valence-corrected chi connectivity index (χ3v) is 6.25. The van der Waals surface area contributed by atoms with Crippen molar-refractivity contribution in [2.45, 2.75) is 39.7 Å². The predicted molar refractivity (Wildman–Crippen MR) is 125 cm³/mol. The van der Waals surface area contributed by atoms with Crippen LogP contribution in [0.4, 0.5) is 13.2 Å². The summed E-state index contributed by atoms with van der Waals surface area (Å²) in [5.41, 5.74) is 1.24. The minimum absolute atomic E-state index is 0.121. The summed E-state index contributed by atoms with van der Waals surface area (Å²) in [6.07, 6.45) is -4.40. The average molecular weight is 496 g/mol. The molecule has 1 aromatic heterocycles. The first kappa shape index (κ1) is 25.2. The molecule has 0 unspecified atom stereocenters. The minimum atomic E-state index is -4.40. The summed E-state index contributed by atoms with van der Waals surface area (Å²) < 4.78 is 39.5. The molecule has 1 heterocycles. The van der Waals surface area contributed by atoms with Crippen LogP contribution in [-0.2, 0) is 25.8 Å². The zero-order chi connectivity index (χ0) is 24.0. The molecule has 33 heavy (non-hydrogen) atoms. The van der Waals surface area contributed by atoms with Crippen LogP contribution in [0, 0.1) is 0 Å². The number of alkyl halides is 3. The standard InChI is InChI=1S/C24H25ClF3N3OS/c1-3-31(4-2)23(32)21-16-33-22(29-21)15-30(13-17-8-10-20(25)11-9-17)14-18-6-5-7-19(12-18)24(26,27)28/h5-12,16H,3-4,13-15H2,1-2H3. The SMILES string of the molecule is CCN(CC)C(=O)c1csc(CN(Cc2ccc(Cl)cc2)Cc2cccc(C(F)(F)F)c2)n1. The summed E-state index contributed by atoms with van der Waals surface area (Å²) in [5, 5.41) is 3.08. The maximum absolute atomic E-state index is 13.2. The van der Waals surface area contributed by atoms with E-state index >= 15 is 0 Å². The second-order valence-corrected chi connectivity index (χ2v) is 8.95. The Morgan fingerprint density at radius 2 is 1.67 bits per heavy atom. The molecule has 0 bridgehead atoms. The van der Waals surface area contributed by atoms with Crippen molar-refractivity contribution in [1.82, 2.24) is 14.8 Å². The summed E-state index contributed by atoms with van der Waals surface area (Å²) in [4.78, 5) is 20.8. The fourth-order valence-electron chi connectivity index (χ4n) is 3.47. The Bertz CT molecular complexity index is 1070. The molecule has 0 saturated heterocycles. The highest BCUT2D eigenvalue weighted by atomic mass is 35.5. The predicted octanol–water partition coefficient (Wildman–Crippen LogP) is 6.50. The second kappa shape index (κ2) is 11.1. The Hall–Kier alpha value is -2.42. The smallest absolute Gasteiger partial charge is 0.338 e. The quantitative estimate of drug-likeness (QED) is 0.340. The number of amides is 1. The van der Waals surface area contributed by atoms with Gasteiger partial charge in [-0.3, -0.25) is 9.69 Å². The van der Waals surface area contributed by atoms with Gasteiger partial charge in [-0.15, -0.1) is 11.3 Å². The Balaban J connectivity index is 1.82. The highest BCUT2D eigenvalue weighted by molar-refractivity contribution is 7.09. The molecule has 0 fully saturated rings. The van der Waals surface area contributed by atoms with Gasteiger partial charge < -0.3 is 4.90 Å². The molecule has 9 heteroatoms. The third-order valence-electron chi connectivity index (χ3n) is 5.16. The highest BCUT2D eigenvalue weighted by Crippen LogP contribution is 2.30. The highest BCUT2D eigenvalue weighted by Gasteiger charge is 2.30. The topological polar surface area (TPSA) is 36.4 Å². The fourth-order valence-corrected chi connectivity index (χ4v) is 4.40. The van der Waals surface area contributed by atoms with Gasteiger partial charge in [0.15, 0.2) is 0 Å². The van der Waals surface area contributed by atoms with Crippen LogP contribution >= 0.6 is 22.9 Å². The normalized spacial score (nSPS) is 11.7. The van der Waals surface area contributed by atoms with Crippen molar-refractivity contribution in [3.05, 3.63) is 86.3 Å². The summed E-state index contributed by atoms with van der Waals surface area (Å²) >= 11 is 7.36. The number of aromatic nitrogens is 1. The van der Waals surface area contributed by atoms with Gasteiger partial charge in [-0.2, -0.15) is 13.2 Å². The molecule has 4 nitrogen and oxygen atoms in total. The Kier molecular flexibility index (Phi) is 8.51. The summed E-state index contributed by atoms with van der Waals surface area (Å²) in [6, 6.07) is 12.7. The van der Waals surface area contributed by atoms with Crippen molar-refractivity contribution in [3.63, 3.8) is 0 Å². The number of nitrogens with zero attached hydrogens (tertiary/aromatic N) is 3. The van der Waals surface area contributed by atoms with Crippen LogP contribution in [0.2, 0.25) is 5.02 Å². The van der Waals surface area contributed by atoms with Gasteiger partial charge in [0, 0.05) is 36.6 Å². The minimum Gasteiger partial charge on any atom is -0.338 e. The van der Waals surface area contributed by atoms with E-state index in [1.165, 1.54) is 23.5 Å². The van der Waals surface area contributed by atoms with E-state index in [-0.39, 0.29) is 5.91 Å². The van der Waals surface area contributed by atoms with Crippen molar-refractivity contribution in [1.29, 1.82) is 0 Å². The Morgan fingerprint density at radius 1 is 1.00 bits per heavy atom. The molecule has 1 amide bonds. The lowest BCUT2D eigenvalue weighted by molar-refractivity contribution is -0.137. The zero-order valence-corrected chi connectivity index (χ0v) is 20.0. The summed E-state index contributed by atoms with van der Waals surface area (Å²) in [6.45, 7) is 6.21. The van der Waals surface area contributed by atoms with Gasteiger partial charge >= 0.3 is 6.18 Å². The molecule has 176 valence electrons. The Labute approximate surface area is 200 Å². The number of carbonyl (C=O) groups is 1. The van der Waals surface area contributed by atoms with Crippen LogP contribution in [-0.4, -0.2) is 33.8 Å². The van der Waals surface area contributed by atoms with Crippen molar-refractivity contribution in [2.75, 3.05) is 13.1 Å². The number of thiazole rings is 1. The van der Waals surface area contributed by atoms with Crippen molar-refractivity contribution in [2.24, 2.45) is 0 Å². The molecule has 0 spiro atoms. The lowest BCUT2D eigenvalue weighted by Gasteiger charge is -2.22. The fraction of sp³-hybridized carbons (Fsp3) is 0.333. The molecule has 0 aliphatic rings. The van der Waals surface area contributed by atoms with Crippen LogP contribution in [0.25, 0.3) is 0 Å². The number of benzene rings is 2. The second-order valence-electron chi connectivity index (χ2n) is 7.57. The van der Waals surface area contributed by atoms with E-state index in [0.29, 0.717) is 49.0 Å². The van der Waals surface area contributed by atoms with Crippen LogP contribution in [0.1, 0.15) is 46.0 Å². The van der Waals surface area contributed by atoms with Crippen molar-refractivity contribution >= 4 is 28.8 Å². The maximum atomic E-state index is 13.2. The van der Waals surface area contributed by atoms with Gasteiger partial charge in [-0.05, 0) is 43.2 Å². The van der Waals surface area contributed by atoms with Gasteiger partial charge in [0.1, 0.15) is 10.7 Å². The van der Waals surface area contributed by atoms with E-state index in [4.69, 9.17) is 11.6 Å². The number of carbonyl (C=O) groups excluding carboxylic acids is 1. The lowest BCUT2D eigenvalue weighted by atomic mass is 10.1. The monoisotopic (exact) mass is 495 g/mol. The summed E-state index contributed by atoms with van der Waals surface area (Å²) in [7, 11) is 0. The number of halogens is 4. The molecule has 3 aromatic rings. The molecule has 3 rings (SSSR count). The summed E-state index contributed by atoms with van der Waals surface area (Å²) in [5.74, 6) is -0.121. The molecule has 0 N–H and O–H groups in total. The molecular formula is C24H25ClF3N3OS. The molecule has 0 radical (unpaired) electrons. The maximum Gasteiger partial charge on any atom is 0.416 e. The first-order chi connectivity index (χ1) is 15.7. The van der Waals surface area contributed by atoms with Gasteiger partial charge in [0.2, 0.25) is 0 Å². The number of hydrogen-bond donors (Lipinski definition) is 0. The van der Waals surface area contributed by atoms with Gasteiger partial charge in [0.05, 0.1) is 12.1 Å². The lowest BCUT2D eigenvalue weighted by Crippen LogP contribution is -2.30. The van der Waals surface area contributed by atoms with Crippen LogP contribution < -0.4 is 0 Å². The molecule has 0 aliphatic carbocycles. The van der Waals surface area contributed by atoms with Gasteiger partial charge in [0.25, 0.3) is 5.91 Å². The zero-order valence-electron chi connectivity index (χ0n) is 18.4. The molecule has 2 aromatic carbocycles. The van der Waals surface area contributed by atoms with Gasteiger partial charge in [-0.25, -0.2) is 4.98 Å². The van der Waals surface area contributed by atoms with E-state index in [1.54, 1.807) is 28.5 Å². The molecule has 0 aliphatic heterocycles. The van der Waals surface area contributed by atoms with E-state index < -0.39 is 11.7 Å². The molecule has 0 saturated carbocycles. The molecular weight excluding hydrogens is 471 g/mol. The first-order valence-electron chi connectivity index (χ1n) is 10.6. The molecule has 0 atom stereocenters. The van der Waals surface area contributed by atoms with E-state index in [0.717, 1.165) is 16.6 Å². The van der Waals surface area contributed by atoms with E-state index in [2.05, 4.69) is 4.98 Å². The largest absolute Gasteiger partial charge is 0.416 e.